The lowest BCUT2D eigenvalue weighted by molar-refractivity contribution is -0.384. The summed E-state index contributed by atoms with van der Waals surface area (Å²) in [6.07, 6.45) is 0. The highest BCUT2D eigenvalue weighted by Crippen LogP contribution is 2.30. The topological polar surface area (TPSA) is 84.3 Å². The van der Waals surface area contributed by atoms with Crippen molar-refractivity contribution in [2.45, 2.75) is 13.8 Å². The van der Waals surface area contributed by atoms with Crippen molar-refractivity contribution in [3.8, 4) is 0 Å². The number of nitrogens with one attached hydrogen (secondary N) is 2. The van der Waals surface area contributed by atoms with E-state index in [1.54, 1.807) is 25.1 Å². The Hall–Kier alpha value is -2.22. The van der Waals surface area contributed by atoms with Crippen LogP contribution < -0.4 is 10.6 Å². The molecule has 6 nitrogen and oxygen atoms in total. The zero-order chi connectivity index (χ0) is 18.7. The largest absolute Gasteiger partial charge is 0.332 e. The van der Waals surface area contributed by atoms with E-state index in [0.29, 0.717) is 21.8 Å². The summed E-state index contributed by atoms with van der Waals surface area (Å²) in [5, 5.41) is 16.7. The first-order chi connectivity index (χ1) is 11.7. The van der Waals surface area contributed by atoms with Gasteiger partial charge in [0.15, 0.2) is 5.11 Å². The second kappa shape index (κ2) is 7.77. The van der Waals surface area contributed by atoms with Gasteiger partial charge in [0.25, 0.3) is 11.6 Å². The molecule has 0 saturated carbocycles. The van der Waals surface area contributed by atoms with Crippen LogP contribution in [0.5, 0.6) is 0 Å². The molecule has 130 valence electrons. The molecule has 0 atom stereocenters. The first-order valence-electron chi connectivity index (χ1n) is 7.02. The minimum atomic E-state index is -0.569. The Balaban J connectivity index is 2.12. The van der Waals surface area contributed by atoms with Gasteiger partial charge in [0, 0.05) is 22.3 Å². The number of aryl methyl sites for hydroxylation is 2. The molecule has 0 aromatic heterocycles. The monoisotopic (exact) mass is 397 g/mol. The van der Waals surface area contributed by atoms with Gasteiger partial charge in [0.2, 0.25) is 0 Å². The van der Waals surface area contributed by atoms with E-state index >= 15 is 0 Å². The van der Waals surface area contributed by atoms with Crippen molar-refractivity contribution in [3.63, 3.8) is 0 Å². The molecule has 0 aliphatic carbocycles. The summed E-state index contributed by atoms with van der Waals surface area (Å²) in [6.45, 7) is 3.49. The number of hydrogen-bond acceptors (Lipinski definition) is 4. The van der Waals surface area contributed by atoms with E-state index in [1.165, 1.54) is 12.1 Å². The molecule has 0 radical (unpaired) electrons. The zero-order valence-electron chi connectivity index (χ0n) is 13.2. The van der Waals surface area contributed by atoms with Crippen molar-refractivity contribution in [1.29, 1.82) is 0 Å². The third kappa shape index (κ3) is 4.66. The van der Waals surface area contributed by atoms with Crippen LogP contribution in [-0.2, 0) is 0 Å². The Morgan fingerprint density at radius 1 is 1.12 bits per heavy atom. The van der Waals surface area contributed by atoms with Crippen molar-refractivity contribution in [2.24, 2.45) is 0 Å². The van der Waals surface area contributed by atoms with E-state index in [9.17, 15) is 14.9 Å². The van der Waals surface area contributed by atoms with Crippen molar-refractivity contribution in [2.75, 3.05) is 5.32 Å². The van der Waals surface area contributed by atoms with Crippen molar-refractivity contribution in [3.05, 3.63) is 67.2 Å². The SMILES string of the molecule is Cc1ccc(C(=O)NC(=S)Nc2cc(Cl)c([N+](=O)[O-])cc2C)cc1Cl. The van der Waals surface area contributed by atoms with Crippen LogP contribution in [0.2, 0.25) is 10.0 Å². The zero-order valence-corrected chi connectivity index (χ0v) is 15.6. The molecule has 2 rings (SSSR count). The van der Waals surface area contributed by atoms with Crippen LogP contribution in [0.1, 0.15) is 21.5 Å². The second-order valence-electron chi connectivity index (χ2n) is 5.25. The van der Waals surface area contributed by atoms with Gasteiger partial charge in [-0.3, -0.25) is 20.2 Å². The van der Waals surface area contributed by atoms with Crippen molar-refractivity contribution in [1.82, 2.24) is 5.32 Å². The van der Waals surface area contributed by atoms with E-state index in [1.807, 2.05) is 6.92 Å². The van der Waals surface area contributed by atoms with Gasteiger partial charge in [-0.15, -0.1) is 0 Å². The van der Waals surface area contributed by atoms with Crippen LogP contribution in [0.25, 0.3) is 0 Å². The predicted octanol–water partition coefficient (Wildman–Crippen LogP) is 4.65. The quantitative estimate of drug-likeness (QED) is 0.447. The molecule has 0 bridgehead atoms. The highest BCUT2D eigenvalue weighted by molar-refractivity contribution is 7.80. The summed E-state index contributed by atoms with van der Waals surface area (Å²) in [7, 11) is 0. The molecule has 0 heterocycles. The first kappa shape index (κ1) is 19.1. The van der Waals surface area contributed by atoms with Gasteiger partial charge in [0.1, 0.15) is 5.02 Å². The molecule has 0 spiro atoms. The average Bonchev–Trinajstić information content (AvgIpc) is 2.52. The number of carbonyl (C=O) groups is 1. The Kier molecular flexibility index (Phi) is 5.94. The smallest absolute Gasteiger partial charge is 0.288 e. The molecule has 0 fully saturated rings. The summed E-state index contributed by atoms with van der Waals surface area (Å²) in [5.41, 5.74) is 2.04. The molecule has 1 amide bonds. The van der Waals surface area contributed by atoms with Gasteiger partial charge >= 0.3 is 0 Å². The molecule has 2 N–H and O–H groups in total. The van der Waals surface area contributed by atoms with E-state index in [-0.39, 0.29) is 15.8 Å². The first-order valence-corrected chi connectivity index (χ1v) is 8.18. The van der Waals surface area contributed by atoms with Crippen LogP contribution in [0.3, 0.4) is 0 Å². The summed E-state index contributed by atoms with van der Waals surface area (Å²) >= 11 is 17.0. The Morgan fingerprint density at radius 3 is 2.40 bits per heavy atom. The normalized spacial score (nSPS) is 10.2. The molecular weight excluding hydrogens is 385 g/mol. The van der Waals surface area contributed by atoms with Gasteiger partial charge < -0.3 is 5.32 Å². The number of carbonyl (C=O) groups excluding carboxylic acids is 1. The molecule has 0 unspecified atom stereocenters. The van der Waals surface area contributed by atoms with E-state index in [4.69, 9.17) is 35.4 Å². The molecule has 0 saturated heterocycles. The van der Waals surface area contributed by atoms with Crippen LogP contribution in [0.15, 0.2) is 30.3 Å². The van der Waals surface area contributed by atoms with Gasteiger partial charge in [-0.2, -0.15) is 0 Å². The minimum Gasteiger partial charge on any atom is -0.332 e. The number of amides is 1. The predicted molar refractivity (Wildman–Crippen MR) is 103 cm³/mol. The summed E-state index contributed by atoms with van der Waals surface area (Å²) < 4.78 is 0. The third-order valence-electron chi connectivity index (χ3n) is 3.40. The number of thiocarbonyl (C=S) groups is 1. The fourth-order valence-electron chi connectivity index (χ4n) is 2.00. The number of nitrogens with zero attached hydrogens (tertiary/aromatic N) is 1. The molecule has 0 aliphatic rings. The lowest BCUT2D eigenvalue weighted by Gasteiger charge is -2.12. The molecule has 2 aromatic rings. The maximum Gasteiger partial charge on any atom is 0.288 e. The number of benzene rings is 2. The molecular formula is C16H13Cl2N3O3S. The molecule has 0 aliphatic heterocycles. The number of hydrogen-bond donors (Lipinski definition) is 2. The van der Waals surface area contributed by atoms with Gasteiger partial charge in [-0.25, -0.2) is 0 Å². The number of rotatable bonds is 3. The van der Waals surface area contributed by atoms with Crippen molar-refractivity contribution < 1.29 is 9.72 Å². The molecule has 2 aromatic carbocycles. The van der Waals surface area contributed by atoms with Crippen LogP contribution in [0, 0.1) is 24.0 Å². The number of halogens is 2. The van der Waals surface area contributed by atoms with E-state index in [0.717, 1.165) is 5.56 Å². The average molecular weight is 398 g/mol. The number of nitro benzene ring substituents is 1. The van der Waals surface area contributed by atoms with E-state index in [2.05, 4.69) is 10.6 Å². The Morgan fingerprint density at radius 2 is 1.80 bits per heavy atom. The van der Waals surface area contributed by atoms with Gasteiger partial charge in [0.05, 0.1) is 4.92 Å². The standard InChI is InChI=1S/C16H13Cl2N3O3S/c1-8-3-4-10(6-11(8)17)15(22)20-16(25)19-13-7-12(18)14(21(23)24)5-9(13)2/h3-7H,1-2H3,(H2,19,20,22,25). The van der Waals surface area contributed by atoms with E-state index < -0.39 is 10.8 Å². The fourth-order valence-corrected chi connectivity index (χ4v) is 2.62. The second-order valence-corrected chi connectivity index (χ2v) is 6.47. The van der Waals surface area contributed by atoms with Crippen LogP contribution in [-0.4, -0.2) is 15.9 Å². The number of anilines is 1. The van der Waals surface area contributed by atoms with Gasteiger partial charge in [-0.05, 0) is 55.4 Å². The summed E-state index contributed by atoms with van der Waals surface area (Å²) in [5.74, 6) is -0.426. The Labute approximate surface area is 159 Å². The molecule has 9 heteroatoms. The lowest BCUT2D eigenvalue weighted by Crippen LogP contribution is -2.34. The van der Waals surface area contributed by atoms with Crippen molar-refractivity contribution >= 4 is 57.8 Å². The maximum atomic E-state index is 12.2. The van der Waals surface area contributed by atoms with Gasteiger partial charge in [-0.1, -0.05) is 29.3 Å². The summed E-state index contributed by atoms with van der Waals surface area (Å²) in [6, 6.07) is 7.62. The fraction of sp³-hybridized carbons (Fsp3) is 0.125. The minimum absolute atomic E-state index is 0.0301. The highest BCUT2D eigenvalue weighted by Gasteiger charge is 2.16. The highest BCUT2D eigenvalue weighted by atomic mass is 35.5. The molecule has 25 heavy (non-hydrogen) atoms. The Bertz CT molecular complexity index is 887. The number of nitro groups is 1. The lowest BCUT2D eigenvalue weighted by atomic mass is 10.1. The maximum absolute atomic E-state index is 12.2. The van der Waals surface area contributed by atoms with Crippen LogP contribution >= 0.6 is 35.4 Å². The summed E-state index contributed by atoms with van der Waals surface area (Å²) in [4.78, 5) is 22.5. The van der Waals surface area contributed by atoms with Crippen LogP contribution in [0.4, 0.5) is 11.4 Å². The third-order valence-corrected chi connectivity index (χ3v) is 4.31.